The van der Waals surface area contributed by atoms with Crippen LogP contribution in [0.5, 0.6) is 0 Å². The van der Waals surface area contributed by atoms with E-state index >= 15 is 0 Å². The fourth-order valence-corrected chi connectivity index (χ4v) is 2.06. The van der Waals surface area contributed by atoms with Crippen LogP contribution in [0.25, 0.3) is 0 Å². The molecule has 1 saturated heterocycles. The Morgan fingerprint density at radius 2 is 1.62 bits per heavy atom. The Balaban J connectivity index is 0.000000413. The standard InChI is InChI=1S/C13H16F2N2O.C2H2O4/c14-11-4-3-10(9-12(11)15)16-13(18)5-8-17-6-1-2-7-17;3-1(4)2(5)6/h3-4,9H,1-2,5-8H2,(H,16,18);(H,3,4)(H,5,6). The molecule has 0 aliphatic carbocycles. The third kappa shape index (κ3) is 7.14. The Labute approximate surface area is 136 Å². The molecule has 1 aromatic carbocycles. The third-order valence-corrected chi connectivity index (χ3v) is 3.24. The van der Waals surface area contributed by atoms with E-state index in [-0.39, 0.29) is 5.91 Å². The van der Waals surface area contributed by atoms with E-state index < -0.39 is 23.6 Å². The van der Waals surface area contributed by atoms with Crippen molar-refractivity contribution in [2.45, 2.75) is 19.3 Å². The van der Waals surface area contributed by atoms with Crippen LogP contribution < -0.4 is 5.32 Å². The zero-order valence-electron chi connectivity index (χ0n) is 12.8. The molecule has 0 bridgehead atoms. The molecule has 1 aliphatic heterocycles. The lowest BCUT2D eigenvalue weighted by atomic mass is 10.3. The van der Waals surface area contributed by atoms with E-state index in [1.54, 1.807) is 0 Å². The molecule has 9 heteroatoms. The van der Waals surface area contributed by atoms with Gasteiger partial charge in [-0.15, -0.1) is 0 Å². The van der Waals surface area contributed by atoms with Crippen molar-refractivity contribution in [2.75, 3.05) is 25.0 Å². The van der Waals surface area contributed by atoms with Crippen LogP contribution in [0.3, 0.4) is 0 Å². The van der Waals surface area contributed by atoms with Gasteiger partial charge in [-0.2, -0.15) is 0 Å². The van der Waals surface area contributed by atoms with Gasteiger partial charge in [0, 0.05) is 24.7 Å². The summed E-state index contributed by atoms with van der Waals surface area (Å²) >= 11 is 0. The topological polar surface area (TPSA) is 107 Å². The van der Waals surface area contributed by atoms with Crippen LogP contribution in [-0.2, 0) is 14.4 Å². The molecular weight excluding hydrogens is 326 g/mol. The maximum atomic E-state index is 12.9. The predicted molar refractivity (Wildman–Crippen MR) is 80.6 cm³/mol. The Morgan fingerprint density at radius 3 is 2.12 bits per heavy atom. The number of likely N-dealkylation sites (tertiary alicyclic amines) is 1. The smallest absolute Gasteiger partial charge is 0.414 e. The van der Waals surface area contributed by atoms with Crippen LogP contribution in [0.1, 0.15) is 19.3 Å². The first kappa shape index (κ1) is 19.5. The van der Waals surface area contributed by atoms with Gasteiger partial charge in [0.25, 0.3) is 0 Å². The number of carboxylic acid groups (broad SMARTS) is 2. The molecule has 1 aromatic rings. The molecule has 132 valence electrons. The fourth-order valence-electron chi connectivity index (χ4n) is 2.06. The number of anilines is 1. The Hall–Kier alpha value is -2.55. The van der Waals surface area contributed by atoms with E-state index in [4.69, 9.17) is 19.8 Å². The summed E-state index contributed by atoms with van der Waals surface area (Å²) in [5.41, 5.74) is 0.292. The summed E-state index contributed by atoms with van der Waals surface area (Å²) in [5.74, 6) is -5.68. The molecule has 0 atom stereocenters. The number of hydrogen-bond acceptors (Lipinski definition) is 4. The highest BCUT2D eigenvalue weighted by Gasteiger charge is 2.13. The summed E-state index contributed by atoms with van der Waals surface area (Å²) in [4.78, 5) is 32.0. The molecule has 1 aliphatic rings. The van der Waals surface area contributed by atoms with Gasteiger partial charge >= 0.3 is 11.9 Å². The van der Waals surface area contributed by atoms with E-state index in [2.05, 4.69) is 10.2 Å². The number of carboxylic acids is 2. The first-order valence-electron chi connectivity index (χ1n) is 7.23. The van der Waals surface area contributed by atoms with Gasteiger partial charge in [0.05, 0.1) is 0 Å². The number of benzene rings is 1. The van der Waals surface area contributed by atoms with Crippen molar-refractivity contribution in [1.82, 2.24) is 4.90 Å². The van der Waals surface area contributed by atoms with Crippen LogP contribution >= 0.6 is 0 Å². The second-order valence-corrected chi connectivity index (χ2v) is 5.09. The van der Waals surface area contributed by atoms with Crippen molar-refractivity contribution >= 4 is 23.5 Å². The number of aliphatic carboxylic acids is 2. The van der Waals surface area contributed by atoms with Crippen LogP contribution in [0.15, 0.2) is 18.2 Å². The van der Waals surface area contributed by atoms with Gasteiger partial charge in [0.15, 0.2) is 11.6 Å². The van der Waals surface area contributed by atoms with E-state index in [1.807, 2.05) is 0 Å². The molecule has 3 N–H and O–H groups in total. The number of nitrogens with one attached hydrogen (secondary N) is 1. The summed E-state index contributed by atoms with van der Waals surface area (Å²) < 4.78 is 25.6. The minimum absolute atomic E-state index is 0.173. The largest absolute Gasteiger partial charge is 0.473 e. The van der Waals surface area contributed by atoms with Crippen molar-refractivity contribution in [3.63, 3.8) is 0 Å². The summed E-state index contributed by atoms with van der Waals surface area (Å²) in [7, 11) is 0. The maximum Gasteiger partial charge on any atom is 0.414 e. The van der Waals surface area contributed by atoms with Crippen LogP contribution in [0.2, 0.25) is 0 Å². The summed E-state index contributed by atoms with van der Waals surface area (Å²) in [6, 6.07) is 3.35. The lowest BCUT2D eigenvalue weighted by Crippen LogP contribution is -2.25. The molecule has 1 fully saturated rings. The van der Waals surface area contributed by atoms with Gasteiger partial charge < -0.3 is 20.4 Å². The van der Waals surface area contributed by atoms with Crippen molar-refractivity contribution in [3.05, 3.63) is 29.8 Å². The highest BCUT2D eigenvalue weighted by atomic mass is 19.2. The van der Waals surface area contributed by atoms with Crippen LogP contribution in [-0.4, -0.2) is 52.6 Å². The fraction of sp³-hybridized carbons (Fsp3) is 0.400. The Morgan fingerprint density at radius 1 is 1.04 bits per heavy atom. The van der Waals surface area contributed by atoms with E-state index in [0.29, 0.717) is 12.1 Å². The first-order chi connectivity index (χ1) is 11.3. The normalized spacial score (nSPS) is 13.8. The first-order valence-corrected chi connectivity index (χ1v) is 7.23. The minimum Gasteiger partial charge on any atom is -0.473 e. The van der Waals surface area contributed by atoms with Gasteiger partial charge in [0.1, 0.15) is 0 Å². The summed E-state index contributed by atoms with van der Waals surface area (Å²) in [5, 5.41) is 17.3. The second kappa shape index (κ2) is 9.56. The highest BCUT2D eigenvalue weighted by Crippen LogP contribution is 2.13. The minimum atomic E-state index is -1.82. The van der Waals surface area contributed by atoms with E-state index in [0.717, 1.165) is 31.8 Å². The number of carbonyl (C=O) groups excluding carboxylic acids is 1. The average molecular weight is 344 g/mol. The monoisotopic (exact) mass is 344 g/mol. The molecule has 0 radical (unpaired) electrons. The molecule has 7 nitrogen and oxygen atoms in total. The average Bonchev–Trinajstić information content (AvgIpc) is 3.03. The van der Waals surface area contributed by atoms with Gasteiger partial charge in [0.2, 0.25) is 5.91 Å². The molecule has 0 aromatic heterocycles. The van der Waals surface area contributed by atoms with E-state index in [9.17, 15) is 13.6 Å². The Bertz CT molecular complexity index is 592. The molecule has 1 amide bonds. The number of nitrogens with zero attached hydrogens (tertiary/aromatic N) is 1. The lowest BCUT2D eigenvalue weighted by molar-refractivity contribution is -0.159. The van der Waals surface area contributed by atoms with Gasteiger partial charge in [-0.3, -0.25) is 4.79 Å². The zero-order chi connectivity index (χ0) is 18.1. The second-order valence-electron chi connectivity index (χ2n) is 5.09. The quantitative estimate of drug-likeness (QED) is 0.716. The summed E-state index contributed by atoms with van der Waals surface area (Å²) in [6.45, 7) is 2.80. The molecular formula is C15H18F2N2O5. The SMILES string of the molecule is O=C(CCN1CCCC1)Nc1ccc(F)c(F)c1.O=C(O)C(=O)O. The molecule has 24 heavy (non-hydrogen) atoms. The van der Waals surface area contributed by atoms with Gasteiger partial charge in [-0.1, -0.05) is 0 Å². The third-order valence-electron chi connectivity index (χ3n) is 3.24. The van der Waals surface area contributed by atoms with Crippen LogP contribution in [0.4, 0.5) is 14.5 Å². The molecule has 1 heterocycles. The predicted octanol–water partition coefficient (Wildman–Crippen LogP) is 1.54. The number of rotatable bonds is 4. The molecule has 0 unspecified atom stereocenters. The molecule has 0 spiro atoms. The van der Waals surface area contributed by atoms with Gasteiger partial charge in [-0.05, 0) is 38.1 Å². The zero-order valence-corrected chi connectivity index (χ0v) is 12.8. The van der Waals surface area contributed by atoms with Crippen LogP contribution in [0, 0.1) is 11.6 Å². The van der Waals surface area contributed by atoms with E-state index in [1.165, 1.54) is 18.9 Å². The molecule has 2 rings (SSSR count). The number of amides is 1. The Kier molecular flexibility index (Phi) is 7.76. The maximum absolute atomic E-state index is 12.9. The van der Waals surface area contributed by atoms with Crippen molar-refractivity contribution in [2.24, 2.45) is 0 Å². The number of halogens is 2. The van der Waals surface area contributed by atoms with Crippen molar-refractivity contribution in [1.29, 1.82) is 0 Å². The van der Waals surface area contributed by atoms with Crippen molar-refractivity contribution in [3.8, 4) is 0 Å². The lowest BCUT2D eigenvalue weighted by Gasteiger charge is -2.13. The number of carbonyl (C=O) groups is 3. The van der Waals surface area contributed by atoms with Gasteiger partial charge in [-0.25, -0.2) is 18.4 Å². The molecule has 0 saturated carbocycles. The summed E-state index contributed by atoms with van der Waals surface area (Å²) in [6.07, 6.45) is 2.74. The number of hydrogen-bond donors (Lipinski definition) is 3. The highest BCUT2D eigenvalue weighted by molar-refractivity contribution is 6.27. The van der Waals surface area contributed by atoms with Crippen molar-refractivity contribution < 1.29 is 33.4 Å².